The van der Waals surface area contributed by atoms with Gasteiger partial charge in [-0.2, -0.15) is 0 Å². The number of alkyl halides is 1. The van der Waals surface area contributed by atoms with Crippen LogP contribution in [0, 0.1) is 6.92 Å². The summed E-state index contributed by atoms with van der Waals surface area (Å²) in [7, 11) is 8.11. The fourth-order valence-corrected chi connectivity index (χ4v) is 2.34. The second-order valence-electron chi connectivity index (χ2n) is 4.71. The normalized spacial score (nSPS) is 14.6. The van der Waals surface area contributed by atoms with Gasteiger partial charge >= 0.3 is 16.5 Å². The second kappa shape index (κ2) is 6.75. The first-order valence-electron chi connectivity index (χ1n) is 5.45. The van der Waals surface area contributed by atoms with Crippen LogP contribution in [0.4, 0.5) is 0 Å². The van der Waals surface area contributed by atoms with Crippen molar-refractivity contribution in [3.63, 3.8) is 0 Å². The molecule has 98 valence electrons. The minimum Gasteiger partial charge on any atom is -0.306 e. The number of benzene rings is 1. The smallest absolute Gasteiger partial charge is 0.306 e. The van der Waals surface area contributed by atoms with Crippen LogP contribution < -0.4 is 0 Å². The van der Waals surface area contributed by atoms with E-state index < -0.39 is 5.00 Å². The SMILES string of the molecule is Cc1ccccc1C(Cl)(CN(C)C)N(C)C.[Ni+2]. The number of nitrogens with zero attached hydrogens (tertiary/aromatic N) is 2. The minimum absolute atomic E-state index is 0. The van der Waals surface area contributed by atoms with Crippen molar-refractivity contribution in [1.82, 2.24) is 9.80 Å². The molecule has 0 aliphatic rings. The van der Waals surface area contributed by atoms with Gasteiger partial charge in [0.1, 0.15) is 5.00 Å². The van der Waals surface area contributed by atoms with Gasteiger partial charge in [-0.1, -0.05) is 35.9 Å². The van der Waals surface area contributed by atoms with Crippen LogP contribution >= 0.6 is 11.6 Å². The van der Waals surface area contributed by atoms with Crippen molar-refractivity contribution >= 4 is 11.6 Å². The zero-order chi connectivity index (χ0) is 12.3. The van der Waals surface area contributed by atoms with Crippen molar-refractivity contribution in [2.24, 2.45) is 0 Å². The summed E-state index contributed by atoms with van der Waals surface area (Å²) in [5.74, 6) is 0. The maximum absolute atomic E-state index is 6.78. The van der Waals surface area contributed by atoms with Gasteiger partial charge in [-0.25, -0.2) is 0 Å². The van der Waals surface area contributed by atoms with Crippen molar-refractivity contribution in [3.8, 4) is 0 Å². The molecule has 0 saturated carbocycles. The summed E-state index contributed by atoms with van der Waals surface area (Å²) in [6.45, 7) is 2.89. The second-order valence-corrected chi connectivity index (χ2v) is 5.33. The van der Waals surface area contributed by atoms with E-state index >= 15 is 0 Å². The van der Waals surface area contributed by atoms with Gasteiger partial charge in [0.15, 0.2) is 0 Å². The Morgan fingerprint density at radius 2 is 1.65 bits per heavy atom. The first kappa shape index (κ1) is 16.9. The molecular formula is C13H21ClN2Ni+2. The van der Waals surface area contributed by atoms with E-state index in [1.165, 1.54) is 11.1 Å². The van der Waals surface area contributed by atoms with Crippen LogP contribution in [0.5, 0.6) is 0 Å². The van der Waals surface area contributed by atoms with Crippen molar-refractivity contribution in [2.75, 3.05) is 34.7 Å². The molecule has 0 radical (unpaired) electrons. The van der Waals surface area contributed by atoms with Crippen LogP contribution in [-0.4, -0.2) is 44.5 Å². The quantitative estimate of drug-likeness (QED) is 0.479. The molecule has 1 aromatic rings. The maximum atomic E-state index is 6.78. The summed E-state index contributed by atoms with van der Waals surface area (Å²) >= 11 is 6.78. The molecule has 1 unspecified atom stereocenters. The summed E-state index contributed by atoms with van der Waals surface area (Å²) < 4.78 is 0. The Balaban J connectivity index is 0.00000256. The number of hydrogen-bond donors (Lipinski definition) is 0. The van der Waals surface area contributed by atoms with Crippen molar-refractivity contribution in [2.45, 2.75) is 11.9 Å². The van der Waals surface area contributed by atoms with Gasteiger partial charge in [-0.05, 0) is 46.2 Å². The molecule has 0 saturated heterocycles. The van der Waals surface area contributed by atoms with Crippen molar-refractivity contribution < 1.29 is 16.5 Å². The van der Waals surface area contributed by atoms with Gasteiger partial charge in [0.2, 0.25) is 0 Å². The zero-order valence-corrected chi connectivity index (χ0v) is 12.8. The Labute approximate surface area is 120 Å². The third-order valence-electron chi connectivity index (χ3n) is 2.79. The molecular weight excluding hydrogens is 278 g/mol. The molecule has 0 aromatic heterocycles. The van der Waals surface area contributed by atoms with E-state index in [0.29, 0.717) is 0 Å². The molecule has 0 spiro atoms. The molecule has 4 heteroatoms. The largest absolute Gasteiger partial charge is 2.00 e. The number of aryl methyl sites for hydroxylation is 1. The fourth-order valence-electron chi connectivity index (χ4n) is 1.89. The molecule has 0 fully saturated rings. The van der Waals surface area contributed by atoms with Crippen LogP contribution in [0.2, 0.25) is 0 Å². The zero-order valence-electron chi connectivity index (χ0n) is 11.1. The Morgan fingerprint density at radius 3 is 2.06 bits per heavy atom. The van der Waals surface area contributed by atoms with Crippen LogP contribution in [0.1, 0.15) is 11.1 Å². The molecule has 1 aromatic carbocycles. The Morgan fingerprint density at radius 1 is 1.12 bits per heavy atom. The number of likely N-dealkylation sites (N-methyl/N-ethyl adjacent to an activating group) is 2. The van der Waals surface area contributed by atoms with Gasteiger partial charge in [-0.15, -0.1) is 0 Å². The number of rotatable bonds is 4. The van der Waals surface area contributed by atoms with E-state index in [9.17, 15) is 0 Å². The Bertz CT molecular complexity index is 355. The van der Waals surface area contributed by atoms with Crippen molar-refractivity contribution in [3.05, 3.63) is 35.4 Å². The molecule has 2 nitrogen and oxygen atoms in total. The molecule has 0 N–H and O–H groups in total. The Hall–Kier alpha value is -0.0765. The molecule has 1 atom stereocenters. The topological polar surface area (TPSA) is 6.48 Å². The van der Waals surface area contributed by atoms with Gasteiger partial charge in [0, 0.05) is 6.54 Å². The first-order chi connectivity index (χ1) is 7.38. The van der Waals surface area contributed by atoms with E-state index in [1.807, 2.05) is 40.3 Å². The van der Waals surface area contributed by atoms with Gasteiger partial charge in [-0.3, -0.25) is 4.90 Å². The van der Waals surface area contributed by atoms with Crippen LogP contribution in [0.3, 0.4) is 0 Å². The van der Waals surface area contributed by atoms with Gasteiger partial charge in [0.05, 0.1) is 0 Å². The monoisotopic (exact) mass is 298 g/mol. The summed E-state index contributed by atoms with van der Waals surface area (Å²) in [5.41, 5.74) is 2.41. The van der Waals surface area contributed by atoms with E-state index in [1.54, 1.807) is 0 Å². The van der Waals surface area contributed by atoms with E-state index in [4.69, 9.17) is 11.6 Å². The molecule has 0 aliphatic carbocycles. The predicted molar refractivity (Wildman–Crippen MR) is 71.0 cm³/mol. The van der Waals surface area contributed by atoms with Crippen LogP contribution in [0.25, 0.3) is 0 Å². The van der Waals surface area contributed by atoms with E-state index in [-0.39, 0.29) is 16.5 Å². The summed E-state index contributed by atoms with van der Waals surface area (Å²) in [4.78, 5) is 3.71. The number of hydrogen-bond acceptors (Lipinski definition) is 2. The predicted octanol–water partition coefficient (Wildman–Crippen LogP) is 2.51. The summed E-state index contributed by atoms with van der Waals surface area (Å²) in [6.07, 6.45) is 0. The number of halogens is 1. The molecule has 0 aliphatic heterocycles. The maximum Gasteiger partial charge on any atom is 2.00 e. The van der Waals surface area contributed by atoms with E-state index in [2.05, 4.69) is 28.9 Å². The third kappa shape index (κ3) is 3.96. The third-order valence-corrected chi connectivity index (χ3v) is 3.45. The molecule has 1 rings (SSSR count). The molecule has 0 heterocycles. The first-order valence-corrected chi connectivity index (χ1v) is 5.83. The Kier molecular flexibility index (Phi) is 6.72. The van der Waals surface area contributed by atoms with E-state index in [0.717, 1.165) is 6.54 Å². The van der Waals surface area contributed by atoms with Gasteiger partial charge in [0.25, 0.3) is 0 Å². The minimum atomic E-state index is -0.463. The van der Waals surface area contributed by atoms with Crippen LogP contribution in [0.15, 0.2) is 24.3 Å². The molecule has 0 bridgehead atoms. The van der Waals surface area contributed by atoms with Gasteiger partial charge < -0.3 is 4.90 Å². The van der Waals surface area contributed by atoms with Crippen LogP contribution in [-0.2, 0) is 21.5 Å². The molecule has 17 heavy (non-hydrogen) atoms. The summed E-state index contributed by atoms with van der Waals surface area (Å²) in [6, 6.07) is 8.29. The molecule has 0 amide bonds. The standard InChI is InChI=1S/C13H21ClN2.Ni/c1-11-8-6-7-9-12(11)13(14,16(4)5)10-15(2)3;/h6-9H,10H2,1-5H3;/q;+2. The summed E-state index contributed by atoms with van der Waals surface area (Å²) in [5, 5.41) is 0. The average Bonchev–Trinajstić information content (AvgIpc) is 2.16. The average molecular weight is 299 g/mol. The fraction of sp³-hybridized carbons (Fsp3) is 0.538. The van der Waals surface area contributed by atoms with Crippen molar-refractivity contribution in [1.29, 1.82) is 0 Å².